The topological polar surface area (TPSA) is 120 Å². The third-order valence-electron chi connectivity index (χ3n) is 5.05. The first-order valence-electron chi connectivity index (χ1n) is 10.6. The van der Waals surface area contributed by atoms with Gasteiger partial charge in [-0.15, -0.1) is 5.10 Å². The summed E-state index contributed by atoms with van der Waals surface area (Å²) < 4.78 is 13.6. The number of benzene rings is 2. The van der Waals surface area contributed by atoms with Gasteiger partial charge in [0.25, 0.3) is 5.91 Å². The molecule has 10 nitrogen and oxygen atoms in total. The van der Waals surface area contributed by atoms with Crippen LogP contribution in [0.3, 0.4) is 0 Å². The molecule has 1 amide bonds. The van der Waals surface area contributed by atoms with Crippen LogP contribution in [0.15, 0.2) is 57.7 Å². The van der Waals surface area contributed by atoms with Crippen LogP contribution in [0.4, 0.5) is 0 Å². The van der Waals surface area contributed by atoms with Crippen molar-refractivity contribution in [1.82, 2.24) is 24.7 Å². The molecule has 0 fully saturated rings. The predicted octanol–water partition coefficient (Wildman–Crippen LogP) is 3.54. The number of carbonyl (C=O) groups is 1. The van der Waals surface area contributed by atoms with Crippen molar-refractivity contribution in [3.8, 4) is 17.2 Å². The van der Waals surface area contributed by atoms with Gasteiger partial charge < -0.3 is 9.15 Å². The van der Waals surface area contributed by atoms with E-state index >= 15 is 0 Å². The molecule has 2 N–H and O–H groups in total. The maximum atomic E-state index is 12.6. The molecule has 0 saturated heterocycles. The van der Waals surface area contributed by atoms with E-state index < -0.39 is 11.7 Å². The maximum Gasteiger partial charge on any atom is 0.437 e. The lowest BCUT2D eigenvalue weighted by Crippen LogP contribution is -2.31. The summed E-state index contributed by atoms with van der Waals surface area (Å²) in [5.41, 5.74) is 5.39. The van der Waals surface area contributed by atoms with Gasteiger partial charge in [0.2, 0.25) is 10.7 Å². The van der Waals surface area contributed by atoms with Crippen molar-refractivity contribution in [2.24, 2.45) is 0 Å². The molecule has 176 valence electrons. The van der Waals surface area contributed by atoms with Crippen LogP contribution in [0.25, 0.3) is 11.5 Å². The number of aromatic nitrogens is 5. The van der Waals surface area contributed by atoms with Gasteiger partial charge in [0.05, 0.1) is 0 Å². The van der Waals surface area contributed by atoms with E-state index in [1.807, 2.05) is 31.2 Å². The normalized spacial score (nSPS) is 11.1. The lowest BCUT2D eigenvalue weighted by Gasteiger charge is -2.15. The number of amides is 1. The highest BCUT2D eigenvalue weighted by Gasteiger charge is 2.16. The highest BCUT2D eigenvalue weighted by atomic mass is 32.1. The second-order valence-electron chi connectivity index (χ2n) is 8.00. The van der Waals surface area contributed by atoms with Gasteiger partial charge in [-0.05, 0) is 54.4 Å². The molecule has 0 atom stereocenters. The molecule has 0 saturated carbocycles. The molecule has 0 aliphatic rings. The molecule has 0 aliphatic carbocycles. The molecular weight excluding hydrogens is 456 g/mol. The van der Waals surface area contributed by atoms with Gasteiger partial charge >= 0.3 is 5.76 Å². The van der Waals surface area contributed by atoms with Crippen LogP contribution in [-0.4, -0.2) is 30.6 Å². The maximum absolute atomic E-state index is 12.6. The molecule has 4 rings (SSSR count). The quantitative estimate of drug-likeness (QED) is 0.370. The lowest BCUT2D eigenvalue weighted by molar-refractivity contribution is -0.118. The Bertz CT molecular complexity index is 1420. The van der Waals surface area contributed by atoms with Gasteiger partial charge in [-0.2, -0.15) is 9.78 Å². The summed E-state index contributed by atoms with van der Waals surface area (Å²) in [7, 11) is 0. The summed E-state index contributed by atoms with van der Waals surface area (Å²) in [5.74, 6) is 0.238. The van der Waals surface area contributed by atoms with Gasteiger partial charge in [0.15, 0.2) is 5.82 Å². The third kappa shape index (κ3) is 5.15. The van der Waals surface area contributed by atoms with Crippen LogP contribution in [0.5, 0.6) is 5.75 Å². The predicted molar refractivity (Wildman–Crippen MR) is 128 cm³/mol. The zero-order valence-electron chi connectivity index (χ0n) is 18.9. The summed E-state index contributed by atoms with van der Waals surface area (Å²) in [6, 6.07) is 15.0. The van der Waals surface area contributed by atoms with E-state index in [-0.39, 0.29) is 29.7 Å². The summed E-state index contributed by atoms with van der Waals surface area (Å²) in [6.07, 6.45) is 0. The molecule has 0 spiro atoms. The molecule has 0 unspecified atom stereocenters. The van der Waals surface area contributed by atoms with Crippen molar-refractivity contribution >= 4 is 18.1 Å². The van der Waals surface area contributed by atoms with Crippen molar-refractivity contribution in [2.75, 3.05) is 5.43 Å². The van der Waals surface area contributed by atoms with Crippen molar-refractivity contribution in [3.05, 3.63) is 80.8 Å². The van der Waals surface area contributed by atoms with E-state index in [1.54, 1.807) is 24.3 Å². The van der Waals surface area contributed by atoms with E-state index in [2.05, 4.69) is 34.6 Å². The third-order valence-corrected chi connectivity index (χ3v) is 5.32. The Kier molecular flexibility index (Phi) is 6.73. The number of carbonyl (C=O) groups excluding carboxylic acids is 1. The van der Waals surface area contributed by atoms with Crippen LogP contribution in [0.2, 0.25) is 0 Å². The smallest absolute Gasteiger partial charge is 0.437 e. The molecular formula is C23H24N6O4S. The van der Waals surface area contributed by atoms with Crippen LogP contribution in [0, 0.1) is 11.7 Å². The van der Waals surface area contributed by atoms with E-state index in [1.165, 1.54) is 4.68 Å². The van der Waals surface area contributed by atoms with E-state index in [0.29, 0.717) is 11.4 Å². The fraction of sp³-hybridized carbons (Fsp3) is 0.261. The van der Waals surface area contributed by atoms with Crippen LogP contribution >= 0.6 is 12.2 Å². The molecule has 4 aromatic rings. The number of hydrogen-bond donors (Lipinski definition) is 2. The van der Waals surface area contributed by atoms with E-state index in [4.69, 9.17) is 21.4 Å². The standard InChI is InChI=1S/C23H24N6O4S/c1-14(2)17-10-9-15(3)11-18(17)32-13-19-24-25-22(34)29(19)26-20(30)12-28-23(31)33-21(27-28)16-7-5-4-6-8-16/h4-11,14H,12-13H2,1-3H3,(H,25,34)(H,26,30). The van der Waals surface area contributed by atoms with Gasteiger partial charge in [0, 0.05) is 5.56 Å². The average molecular weight is 481 g/mol. The minimum atomic E-state index is -0.742. The zero-order valence-corrected chi connectivity index (χ0v) is 19.8. The Labute approximate surface area is 200 Å². The van der Waals surface area contributed by atoms with Crippen LogP contribution < -0.4 is 15.9 Å². The first-order valence-corrected chi connectivity index (χ1v) is 11.1. The number of nitrogens with one attached hydrogen (secondary N) is 2. The Morgan fingerprint density at radius 2 is 2.00 bits per heavy atom. The molecule has 0 aliphatic heterocycles. The highest BCUT2D eigenvalue weighted by molar-refractivity contribution is 7.71. The second kappa shape index (κ2) is 9.87. The summed E-state index contributed by atoms with van der Waals surface area (Å²) in [6.45, 7) is 5.87. The summed E-state index contributed by atoms with van der Waals surface area (Å²) in [5, 5.41) is 10.9. The van der Waals surface area contributed by atoms with Crippen molar-refractivity contribution in [1.29, 1.82) is 0 Å². The molecule has 2 aromatic heterocycles. The van der Waals surface area contributed by atoms with Gasteiger partial charge in [-0.1, -0.05) is 44.2 Å². The Morgan fingerprint density at radius 1 is 1.24 bits per heavy atom. The van der Waals surface area contributed by atoms with Gasteiger partial charge in [-0.25, -0.2) is 9.47 Å². The van der Waals surface area contributed by atoms with Gasteiger partial charge in [0.1, 0.15) is 18.9 Å². The summed E-state index contributed by atoms with van der Waals surface area (Å²) >= 11 is 5.24. The second-order valence-corrected chi connectivity index (χ2v) is 8.38. The molecule has 2 heterocycles. The summed E-state index contributed by atoms with van der Waals surface area (Å²) in [4.78, 5) is 24.8. The van der Waals surface area contributed by atoms with Crippen LogP contribution in [-0.2, 0) is 17.9 Å². The minimum absolute atomic E-state index is 0.0681. The number of aromatic amines is 1. The number of hydrogen-bond acceptors (Lipinski definition) is 7. The minimum Gasteiger partial charge on any atom is -0.485 e. The van der Waals surface area contributed by atoms with Gasteiger partial charge in [-0.3, -0.25) is 15.3 Å². The molecule has 0 bridgehead atoms. The number of aryl methyl sites for hydroxylation is 1. The molecule has 0 radical (unpaired) electrons. The molecule has 2 aromatic carbocycles. The first kappa shape index (κ1) is 23.2. The number of ether oxygens (including phenoxy) is 1. The number of H-pyrrole nitrogens is 1. The Morgan fingerprint density at radius 3 is 2.74 bits per heavy atom. The Hall–Kier alpha value is -3.99. The highest BCUT2D eigenvalue weighted by Crippen LogP contribution is 2.28. The SMILES string of the molecule is Cc1ccc(C(C)C)c(OCc2n[nH]c(=S)n2NC(=O)Cn2nc(-c3ccccc3)oc2=O)c1. The monoisotopic (exact) mass is 480 g/mol. The lowest BCUT2D eigenvalue weighted by atomic mass is 10.0. The largest absolute Gasteiger partial charge is 0.485 e. The average Bonchev–Trinajstić information content (AvgIpc) is 3.35. The van der Waals surface area contributed by atoms with E-state index in [9.17, 15) is 9.59 Å². The van der Waals surface area contributed by atoms with Crippen molar-refractivity contribution in [2.45, 2.75) is 39.8 Å². The number of rotatable bonds is 8. The van der Waals surface area contributed by atoms with Crippen LogP contribution in [0.1, 0.15) is 36.7 Å². The number of nitrogens with zero attached hydrogens (tertiary/aromatic N) is 4. The zero-order chi connectivity index (χ0) is 24.2. The van der Waals surface area contributed by atoms with Crippen molar-refractivity contribution < 1.29 is 13.9 Å². The fourth-order valence-electron chi connectivity index (χ4n) is 3.33. The molecule has 11 heteroatoms. The first-order chi connectivity index (χ1) is 16.3. The van der Waals surface area contributed by atoms with Crippen molar-refractivity contribution in [3.63, 3.8) is 0 Å². The Balaban J connectivity index is 1.47. The van der Waals surface area contributed by atoms with E-state index in [0.717, 1.165) is 21.6 Å². The fourth-order valence-corrected chi connectivity index (χ4v) is 3.52. The molecule has 34 heavy (non-hydrogen) atoms.